The Morgan fingerprint density at radius 1 is 1.19 bits per heavy atom. The molecule has 0 fully saturated rings. The third kappa shape index (κ3) is 3.99. The highest BCUT2D eigenvalue weighted by Crippen LogP contribution is 2.20. The van der Waals surface area contributed by atoms with E-state index in [1.807, 2.05) is 37.3 Å². The summed E-state index contributed by atoms with van der Waals surface area (Å²) in [6.07, 6.45) is -0.580. The Morgan fingerprint density at radius 3 is 2.52 bits per heavy atom. The fourth-order valence-electron chi connectivity index (χ4n) is 2.09. The van der Waals surface area contributed by atoms with Gasteiger partial charge in [-0.3, -0.25) is 4.79 Å². The lowest BCUT2D eigenvalue weighted by Crippen LogP contribution is -2.40. The molecule has 0 aliphatic carbocycles. The van der Waals surface area contributed by atoms with E-state index in [1.54, 1.807) is 36.1 Å². The summed E-state index contributed by atoms with van der Waals surface area (Å²) < 4.78 is 5.69. The van der Waals surface area contributed by atoms with Crippen LogP contribution in [-0.4, -0.2) is 18.6 Å². The standard InChI is InChI=1S/C17H18ClNO2/c1-3-19(15-9-5-4-6-10-15)17(20)13(2)21-16-11-7-8-14(18)12-16/h4-13H,3H2,1-2H3. The molecule has 110 valence electrons. The Hall–Kier alpha value is -2.00. The van der Waals surface area contributed by atoms with Crippen molar-refractivity contribution in [2.45, 2.75) is 20.0 Å². The molecule has 21 heavy (non-hydrogen) atoms. The van der Waals surface area contributed by atoms with Crippen LogP contribution in [-0.2, 0) is 4.79 Å². The van der Waals surface area contributed by atoms with Crippen molar-refractivity contribution in [2.24, 2.45) is 0 Å². The number of carbonyl (C=O) groups excluding carboxylic acids is 1. The molecule has 3 nitrogen and oxygen atoms in total. The first-order valence-corrected chi connectivity index (χ1v) is 7.28. The van der Waals surface area contributed by atoms with Crippen molar-refractivity contribution in [3.63, 3.8) is 0 Å². The second-order valence-corrected chi connectivity index (χ2v) is 5.07. The third-order valence-corrected chi connectivity index (χ3v) is 3.34. The number of nitrogens with zero attached hydrogens (tertiary/aromatic N) is 1. The monoisotopic (exact) mass is 303 g/mol. The van der Waals surface area contributed by atoms with Crippen LogP contribution in [0.1, 0.15) is 13.8 Å². The fourth-order valence-corrected chi connectivity index (χ4v) is 2.27. The van der Waals surface area contributed by atoms with Gasteiger partial charge in [0.05, 0.1) is 0 Å². The summed E-state index contributed by atoms with van der Waals surface area (Å²) in [6, 6.07) is 16.6. The highest BCUT2D eigenvalue weighted by molar-refractivity contribution is 6.30. The molecule has 0 aliphatic rings. The molecule has 0 saturated carbocycles. The first kappa shape index (κ1) is 15.4. The van der Waals surface area contributed by atoms with E-state index >= 15 is 0 Å². The van der Waals surface area contributed by atoms with E-state index in [-0.39, 0.29) is 5.91 Å². The number of halogens is 1. The van der Waals surface area contributed by atoms with Gasteiger partial charge in [0.1, 0.15) is 5.75 Å². The lowest BCUT2D eigenvalue weighted by Gasteiger charge is -2.25. The van der Waals surface area contributed by atoms with Crippen LogP contribution in [0.25, 0.3) is 0 Å². The molecule has 0 heterocycles. The molecule has 0 saturated heterocycles. The average Bonchev–Trinajstić information content (AvgIpc) is 2.49. The Labute approximate surface area is 130 Å². The summed E-state index contributed by atoms with van der Waals surface area (Å²) in [5.74, 6) is 0.510. The minimum Gasteiger partial charge on any atom is -0.481 e. The molecule has 0 bridgehead atoms. The zero-order valence-electron chi connectivity index (χ0n) is 12.1. The lowest BCUT2D eigenvalue weighted by molar-refractivity contribution is -0.124. The van der Waals surface area contributed by atoms with E-state index in [4.69, 9.17) is 16.3 Å². The van der Waals surface area contributed by atoms with Gasteiger partial charge in [-0.05, 0) is 44.2 Å². The molecular formula is C17H18ClNO2. The molecule has 0 radical (unpaired) electrons. The van der Waals surface area contributed by atoms with Crippen LogP contribution in [0.15, 0.2) is 54.6 Å². The zero-order valence-corrected chi connectivity index (χ0v) is 12.9. The molecule has 1 amide bonds. The third-order valence-electron chi connectivity index (χ3n) is 3.11. The molecule has 0 N–H and O–H groups in total. The van der Waals surface area contributed by atoms with Crippen molar-refractivity contribution >= 4 is 23.2 Å². The molecule has 2 rings (SSSR count). The maximum atomic E-state index is 12.5. The van der Waals surface area contributed by atoms with Crippen LogP contribution in [0.2, 0.25) is 5.02 Å². The highest BCUT2D eigenvalue weighted by Gasteiger charge is 2.22. The van der Waals surface area contributed by atoms with Gasteiger partial charge in [-0.25, -0.2) is 0 Å². The van der Waals surface area contributed by atoms with Crippen molar-refractivity contribution in [1.29, 1.82) is 0 Å². The lowest BCUT2D eigenvalue weighted by atomic mass is 10.2. The summed E-state index contributed by atoms with van der Waals surface area (Å²) in [4.78, 5) is 14.2. The van der Waals surface area contributed by atoms with E-state index in [0.717, 1.165) is 5.69 Å². The normalized spacial score (nSPS) is 11.8. The topological polar surface area (TPSA) is 29.5 Å². The number of hydrogen-bond acceptors (Lipinski definition) is 2. The molecule has 0 spiro atoms. The number of amides is 1. The van der Waals surface area contributed by atoms with Crippen molar-refractivity contribution in [3.8, 4) is 5.75 Å². The molecule has 0 aliphatic heterocycles. The minimum atomic E-state index is -0.580. The Morgan fingerprint density at radius 2 is 1.90 bits per heavy atom. The van der Waals surface area contributed by atoms with Crippen molar-refractivity contribution in [2.75, 3.05) is 11.4 Å². The summed E-state index contributed by atoms with van der Waals surface area (Å²) >= 11 is 5.92. The molecule has 4 heteroatoms. The molecule has 0 aromatic heterocycles. The molecule has 2 aromatic rings. The first-order chi connectivity index (χ1) is 10.1. The number of ether oxygens (including phenoxy) is 1. The predicted octanol–water partition coefficient (Wildman–Crippen LogP) is 4.16. The fraction of sp³-hybridized carbons (Fsp3) is 0.235. The minimum absolute atomic E-state index is 0.0799. The quantitative estimate of drug-likeness (QED) is 0.830. The van der Waals surface area contributed by atoms with Gasteiger partial charge < -0.3 is 9.64 Å². The van der Waals surface area contributed by atoms with E-state index in [9.17, 15) is 4.79 Å². The van der Waals surface area contributed by atoms with Gasteiger partial charge in [0.15, 0.2) is 6.10 Å². The first-order valence-electron chi connectivity index (χ1n) is 6.90. The van der Waals surface area contributed by atoms with Crippen LogP contribution in [0.4, 0.5) is 5.69 Å². The average molecular weight is 304 g/mol. The Bertz CT molecular complexity index is 601. The summed E-state index contributed by atoms with van der Waals surface area (Å²) in [6.45, 7) is 4.28. The van der Waals surface area contributed by atoms with Gasteiger partial charge in [-0.2, -0.15) is 0 Å². The van der Waals surface area contributed by atoms with Gasteiger partial charge in [-0.1, -0.05) is 35.9 Å². The zero-order chi connectivity index (χ0) is 15.2. The van der Waals surface area contributed by atoms with Crippen LogP contribution >= 0.6 is 11.6 Å². The predicted molar refractivity (Wildman–Crippen MR) is 86.0 cm³/mol. The smallest absolute Gasteiger partial charge is 0.267 e. The van der Waals surface area contributed by atoms with Crippen molar-refractivity contribution in [3.05, 3.63) is 59.6 Å². The summed E-state index contributed by atoms with van der Waals surface area (Å²) in [5.41, 5.74) is 0.867. The number of anilines is 1. The van der Waals surface area contributed by atoms with Gasteiger partial charge >= 0.3 is 0 Å². The van der Waals surface area contributed by atoms with Crippen LogP contribution in [0, 0.1) is 0 Å². The summed E-state index contributed by atoms with van der Waals surface area (Å²) in [5, 5.41) is 0.586. The van der Waals surface area contributed by atoms with Gasteiger partial charge in [0, 0.05) is 17.3 Å². The number of benzene rings is 2. The van der Waals surface area contributed by atoms with Crippen molar-refractivity contribution < 1.29 is 9.53 Å². The number of hydrogen-bond donors (Lipinski definition) is 0. The van der Waals surface area contributed by atoms with Crippen LogP contribution in [0.5, 0.6) is 5.75 Å². The molecule has 1 atom stereocenters. The van der Waals surface area contributed by atoms with Gasteiger partial charge in [0.25, 0.3) is 5.91 Å². The van der Waals surface area contributed by atoms with E-state index in [1.165, 1.54) is 0 Å². The second kappa shape index (κ2) is 7.14. The number of para-hydroxylation sites is 1. The van der Waals surface area contributed by atoms with E-state index in [2.05, 4.69) is 0 Å². The van der Waals surface area contributed by atoms with Crippen LogP contribution in [0.3, 0.4) is 0 Å². The Kier molecular flexibility index (Phi) is 5.23. The molecule has 1 unspecified atom stereocenters. The van der Waals surface area contributed by atoms with E-state index < -0.39 is 6.10 Å². The number of likely N-dealkylation sites (N-methyl/N-ethyl adjacent to an activating group) is 1. The molecular weight excluding hydrogens is 286 g/mol. The number of rotatable bonds is 5. The largest absolute Gasteiger partial charge is 0.481 e. The SMILES string of the molecule is CCN(C(=O)C(C)Oc1cccc(Cl)c1)c1ccccc1. The second-order valence-electron chi connectivity index (χ2n) is 4.64. The van der Waals surface area contributed by atoms with E-state index in [0.29, 0.717) is 17.3 Å². The maximum Gasteiger partial charge on any atom is 0.267 e. The summed E-state index contributed by atoms with van der Waals surface area (Å²) in [7, 11) is 0. The maximum absolute atomic E-state index is 12.5. The molecule has 2 aromatic carbocycles. The van der Waals surface area contributed by atoms with Gasteiger partial charge in [0.2, 0.25) is 0 Å². The Balaban J connectivity index is 2.10. The van der Waals surface area contributed by atoms with Gasteiger partial charge in [-0.15, -0.1) is 0 Å². The van der Waals surface area contributed by atoms with Crippen LogP contribution < -0.4 is 9.64 Å². The van der Waals surface area contributed by atoms with Crippen molar-refractivity contribution in [1.82, 2.24) is 0 Å². The highest BCUT2D eigenvalue weighted by atomic mass is 35.5. The number of carbonyl (C=O) groups is 1.